The molecule has 2 rings (SSSR count). The van der Waals surface area contributed by atoms with E-state index in [1.165, 1.54) is 0 Å². The first-order valence-corrected chi connectivity index (χ1v) is 4.84. The maximum absolute atomic E-state index is 12.3. The molecule has 0 aliphatic heterocycles. The molecule has 1 heterocycles. The molecule has 1 aliphatic carbocycles. The summed E-state index contributed by atoms with van der Waals surface area (Å²) in [7, 11) is 0. The van der Waals surface area contributed by atoms with Crippen LogP contribution in [-0.4, -0.2) is 11.0 Å². The summed E-state index contributed by atoms with van der Waals surface area (Å²) in [6, 6.07) is 1.24. The van der Waals surface area contributed by atoms with Gasteiger partial charge in [0.2, 0.25) is 0 Å². The molecule has 0 atom stereocenters. The summed E-state index contributed by atoms with van der Waals surface area (Å²) < 4.78 is 37.0. The molecule has 6 heteroatoms. The first-order chi connectivity index (χ1) is 6.97. The van der Waals surface area contributed by atoms with Crippen LogP contribution in [0, 0.1) is 0 Å². The molecule has 82 valence electrons. The minimum absolute atomic E-state index is 0.0786. The van der Waals surface area contributed by atoms with E-state index in [4.69, 9.17) is 11.6 Å². The predicted molar refractivity (Wildman–Crippen MR) is 50.9 cm³/mol. The maximum atomic E-state index is 12.3. The highest BCUT2D eigenvalue weighted by atomic mass is 35.5. The van der Waals surface area contributed by atoms with Gasteiger partial charge in [-0.15, -0.1) is 0 Å². The number of pyridine rings is 1. The molecule has 0 saturated heterocycles. The van der Waals surface area contributed by atoms with Crippen molar-refractivity contribution < 1.29 is 13.2 Å². The van der Waals surface area contributed by atoms with Gasteiger partial charge >= 0.3 is 6.18 Å². The maximum Gasteiger partial charge on any atom is 0.417 e. The Morgan fingerprint density at radius 1 is 1.40 bits per heavy atom. The van der Waals surface area contributed by atoms with Crippen LogP contribution in [0.3, 0.4) is 0 Å². The van der Waals surface area contributed by atoms with Gasteiger partial charge in [-0.05, 0) is 18.9 Å². The van der Waals surface area contributed by atoms with Gasteiger partial charge in [0.15, 0.2) is 5.15 Å². The van der Waals surface area contributed by atoms with Gasteiger partial charge in [-0.25, -0.2) is 4.98 Å². The Hall–Kier alpha value is -0.970. The third-order valence-corrected chi connectivity index (χ3v) is 2.40. The summed E-state index contributed by atoms with van der Waals surface area (Å²) in [6.07, 6.45) is -1.71. The molecule has 1 N–H and O–H groups in total. The third-order valence-electron chi connectivity index (χ3n) is 2.10. The van der Waals surface area contributed by atoms with E-state index < -0.39 is 11.7 Å². The SMILES string of the molecule is FC(F)(F)c1cnc(Cl)c(NC2CC2)c1. The average molecular weight is 237 g/mol. The monoisotopic (exact) mass is 236 g/mol. The smallest absolute Gasteiger partial charge is 0.380 e. The van der Waals surface area contributed by atoms with E-state index in [0.717, 1.165) is 25.1 Å². The van der Waals surface area contributed by atoms with Crippen molar-refractivity contribution in [2.24, 2.45) is 0 Å². The number of hydrogen-bond donors (Lipinski definition) is 1. The van der Waals surface area contributed by atoms with Crippen LogP contribution in [0.25, 0.3) is 0 Å². The second-order valence-electron chi connectivity index (χ2n) is 3.48. The molecule has 1 aliphatic rings. The zero-order valence-corrected chi connectivity index (χ0v) is 8.36. The molecule has 1 aromatic heterocycles. The summed E-state index contributed by atoms with van der Waals surface area (Å²) in [5, 5.41) is 2.98. The van der Waals surface area contributed by atoms with Crippen molar-refractivity contribution in [1.82, 2.24) is 4.98 Å². The van der Waals surface area contributed by atoms with Crippen molar-refractivity contribution in [1.29, 1.82) is 0 Å². The normalized spacial score (nSPS) is 16.5. The van der Waals surface area contributed by atoms with Crippen molar-refractivity contribution in [3.05, 3.63) is 23.0 Å². The topological polar surface area (TPSA) is 24.9 Å². The number of rotatable bonds is 2. The van der Waals surface area contributed by atoms with Crippen LogP contribution in [0.1, 0.15) is 18.4 Å². The van der Waals surface area contributed by atoms with E-state index in [-0.39, 0.29) is 16.9 Å². The number of aromatic nitrogens is 1. The van der Waals surface area contributed by atoms with Gasteiger partial charge in [-0.3, -0.25) is 0 Å². The number of nitrogens with zero attached hydrogens (tertiary/aromatic N) is 1. The molecule has 0 aromatic carbocycles. The lowest BCUT2D eigenvalue weighted by Gasteiger charge is -2.10. The van der Waals surface area contributed by atoms with E-state index in [9.17, 15) is 13.2 Å². The Bertz CT molecular complexity index is 374. The number of alkyl halides is 3. The highest BCUT2D eigenvalue weighted by Crippen LogP contribution is 2.34. The van der Waals surface area contributed by atoms with Gasteiger partial charge in [0, 0.05) is 12.2 Å². The lowest BCUT2D eigenvalue weighted by Crippen LogP contribution is -2.08. The second-order valence-corrected chi connectivity index (χ2v) is 3.84. The van der Waals surface area contributed by atoms with Gasteiger partial charge in [0.1, 0.15) is 0 Å². The first kappa shape index (κ1) is 10.5. The van der Waals surface area contributed by atoms with Gasteiger partial charge in [-0.1, -0.05) is 11.6 Å². The molecule has 0 spiro atoms. The Morgan fingerprint density at radius 3 is 2.60 bits per heavy atom. The van der Waals surface area contributed by atoms with E-state index in [0.29, 0.717) is 0 Å². The van der Waals surface area contributed by atoms with Crippen LogP contribution >= 0.6 is 11.6 Å². The van der Waals surface area contributed by atoms with Gasteiger partial charge in [-0.2, -0.15) is 13.2 Å². The molecule has 0 amide bonds. The van der Waals surface area contributed by atoms with Crippen molar-refractivity contribution in [2.75, 3.05) is 5.32 Å². The predicted octanol–water partition coefficient (Wildman–Crippen LogP) is 3.33. The van der Waals surface area contributed by atoms with Crippen molar-refractivity contribution in [2.45, 2.75) is 25.1 Å². The van der Waals surface area contributed by atoms with Crippen LogP contribution in [0.15, 0.2) is 12.3 Å². The molecule has 15 heavy (non-hydrogen) atoms. The summed E-state index contributed by atoms with van der Waals surface area (Å²) in [5.74, 6) is 0. The van der Waals surface area contributed by atoms with Gasteiger partial charge in [0.25, 0.3) is 0 Å². The van der Waals surface area contributed by atoms with Crippen molar-refractivity contribution in [3.63, 3.8) is 0 Å². The molecule has 0 radical (unpaired) electrons. The summed E-state index contributed by atoms with van der Waals surface area (Å²) in [6.45, 7) is 0. The summed E-state index contributed by atoms with van der Waals surface area (Å²) >= 11 is 5.68. The standard InChI is InChI=1S/C9H8ClF3N2/c10-8-7(15-6-1-2-6)3-5(4-14-8)9(11,12)13/h3-4,6,15H,1-2H2. The molecule has 0 bridgehead atoms. The van der Waals surface area contributed by atoms with E-state index >= 15 is 0 Å². The number of nitrogens with one attached hydrogen (secondary N) is 1. The lowest BCUT2D eigenvalue weighted by molar-refractivity contribution is -0.137. The number of anilines is 1. The minimum Gasteiger partial charge on any atom is -0.380 e. The van der Waals surface area contributed by atoms with Crippen molar-refractivity contribution >= 4 is 17.3 Å². The van der Waals surface area contributed by atoms with Crippen LogP contribution in [0.5, 0.6) is 0 Å². The fraction of sp³-hybridized carbons (Fsp3) is 0.444. The fourth-order valence-electron chi connectivity index (χ4n) is 1.15. The molecular weight excluding hydrogens is 229 g/mol. The average Bonchev–Trinajstić information content (AvgIpc) is 2.90. The van der Waals surface area contributed by atoms with E-state index in [1.54, 1.807) is 0 Å². The molecule has 0 unspecified atom stereocenters. The van der Waals surface area contributed by atoms with Crippen LogP contribution in [-0.2, 0) is 6.18 Å². The quantitative estimate of drug-likeness (QED) is 0.797. The summed E-state index contributed by atoms with van der Waals surface area (Å²) in [4.78, 5) is 3.51. The molecule has 1 aromatic rings. The van der Waals surface area contributed by atoms with Gasteiger partial charge < -0.3 is 5.32 Å². The number of halogens is 4. The van der Waals surface area contributed by atoms with Crippen LogP contribution < -0.4 is 5.32 Å². The first-order valence-electron chi connectivity index (χ1n) is 4.46. The second kappa shape index (κ2) is 3.56. The van der Waals surface area contributed by atoms with E-state index in [2.05, 4.69) is 10.3 Å². The lowest BCUT2D eigenvalue weighted by atomic mass is 10.2. The minimum atomic E-state index is -4.38. The highest BCUT2D eigenvalue weighted by Gasteiger charge is 2.32. The molecule has 1 fully saturated rings. The Morgan fingerprint density at radius 2 is 2.07 bits per heavy atom. The molecule has 1 saturated carbocycles. The van der Waals surface area contributed by atoms with Crippen molar-refractivity contribution in [3.8, 4) is 0 Å². The zero-order chi connectivity index (χ0) is 11.1. The van der Waals surface area contributed by atoms with Gasteiger partial charge in [0.05, 0.1) is 11.3 Å². The van der Waals surface area contributed by atoms with Crippen LogP contribution in [0.2, 0.25) is 5.15 Å². The Kier molecular flexibility index (Phi) is 2.50. The largest absolute Gasteiger partial charge is 0.417 e. The third kappa shape index (κ3) is 2.53. The number of hydrogen-bond acceptors (Lipinski definition) is 2. The summed E-state index contributed by atoms with van der Waals surface area (Å²) in [5.41, 5.74) is -0.524. The van der Waals surface area contributed by atoms with E-state index in [1.807, 2.05) is 0 Å². The molecule has 2 nitrogen and oxygen atoms in total. The van der Waals surface area contributed by atoms with Crippen LogP contribution in [0.4, 0.5) is 18.9 Å². The Labute approximate surface area is 89.5 Å². The molecular formula is C9H8ClF3N2. The highest BCUT2D eigenvalue weighted by molar-refractivity contribution is 6.32. The Balaban J connectivity index is 2.27. The zero-order valence-electron chi connectivity index (χ0n) is 7.61. The fourth-order valence-corrected chi connectivity index (χ4v) is 1.31.